The van der Waals surface area contributed by atoms with Crippen molar-refractivity contribution in [2.75, 3.05) is 19.7 Å². The molecule has 0 unspecified atom stereocenters. The van der Waals surface area contributed by atoms with E-state index in [1.807, 2.05) is 41.5 Å². The number of amides is 1. The lowest BCUT2D eigenvalue weighted by Crippen LogP contribution is -2.37. The SMILES string of the molecule is CCN(C[C@H]1CCCO1)C(=O)c1csc(-c2cccc(Cl)c2)n1. The Morgan fingerprint density at radius 1 is 1.52 bits per heavy atom. The van der Waals surface area contributed by atoms with E-state index >= 15 is 0 Å². The fourth-order valence-corrected chi connectivity index (χ4v) is 3.66. The van der Waals surface area contributed by atoms with E-state index in [-0.39, 0.29) is 12.0 Å². The Hall–Kier alpha value is -1.43. The van der Waals surface area contributed by atoms with E-state index in [1.54, 1.807) is 0 Å². The molecule has 1 saturated heterocycles. The number of hydrogen-bond donors (Lipinski definition) is 0. The van der Waals surface area contributed by atoms with Gasteiger partial charge in [0.25, 0.3) is 5.91 Å². The first-order valence-corrected chi connectivity index (χ1v) is 9.05. The van der Waals surface area contributed by atoms with Gasteiger partial charge in [0.05, 0.1) is 6.10 Å². The zero-order chi connectivity index (χ0) is 16.2. The molecule has 122 valence electrons. The summed E-state index contributed by atoms with van der Waals surface area (Å²) in [6.07, 6.45) is 2.26. The van der Waals surface area contributed by atoms with Crippen LogP contribution in [0.5, 0.6) is 0 Å². The van der Waals surface area contributed by atoms with Gasteiger partial charge in [0.1, 0.15) is 10.7 Å². The number of benzene rings is 1. The molecule has 2 heterocycles. The number of rotatable bonds is 5. The van der Waals surface area contributed by atoms with E-state index in [4.69, 9.17) is 16.3 Å². The Labute approximate surface area is 145 Å². The van der Waals surface area contributed by atoms with E-state index in [0.717, 1.165) is 30.0 Å². The minimum Gasteiger partial charge on any atom is -0.376 e. The average Bonchev–Trinajstić information content (AvgIpc) is 3.23. The van der Waals surface area contributed by atoms with E-state index in [0.29, 0.717) is 23.8 Å². The number of carbonyl (C=O) groups is 1. The van der Waals surface area contributed by atoms with Gasteiger partial charge in [-0.25, -0.2) is 4.98 Å². The molecule has 0 radical (unpaired) electrons. The van der Waals surface area contributed by atoms with Crippen LogP contribution in [0.3, 0.4) is 0 Å². The number of halogens is 1. The first-order chi connectivity index (χ1) is 11.2. The highest BCUT2D eigenvalue weighted by Gasteiger charge is 2.24. The molecule has 6 heteroatoms. The summed E-state index contributed by atoms with van der Waals surface area (Å²) in [7, 11) is 0. The van der Waals surface area contributed by atoms with Crippen LogP contribution in [0.4, 0.5) is 0 Å². The van der Waals surface area contributed by atoms with Crippen LogP contribution < -0.4 is 0 Å². The number of hydrogen-bond acceptors (Lipinski definition) is 4. The topological polar surface area (TPSA) is 42.4 Å². The van der Waals surface area contributed by atoms with Gasteiger partial charge < -0.3 is 9.64 Å². The van der Waals surface area contributed by atoms with Crippen LogP contribution >= 0.6 is 22.9 Å². The van der Waals surface area contributed by atoms with Crippen LogP contribution in [0.2, 0.25) is 5.02 Å². The zero-order valence-corrected chi connectivity index (χ0v) is 14.6. The zero-order valence-electron chi connectivity index (χ0n) is 13.0. The summed E-state index contributed by atoms with van der Waals surface area (Å²) in [5.74, 6) is -0.0347. The van der Waals surface area contributed by atoms with Crippen molar-refractivity contribution < 1.29 is 9.53 Å². The molecule has 1 fully saturated rings. The van der Waals surface area contributed by atoms with Crippen molar-refractivity contribution >= 4 is 28.8 Å². The molecule has 0 bridgehead atoms. The van der Waals surface area contributed by atoms with Gasteiger partial charge in [0.2, 0.25) is 0 Å². The van der Waals surface area contributed by atoms with Crippen LogP contribution in [0.25, 0.3) is 10.6 Å². The third kappa shape index (κ3) is 3.91. The fourth-order valence-electron chi connectivity index (χ4n) is 2.68. The maximum Gasteiger partial charge on any atom is 0.273 e. The summed E-state index contributed by atoms with van der Waals surface area (Å²) in [4.78, 5) is 19.0. The minimum atomic E-state index is -0.0347. The predicted octanol–water partition coefficient (Wildman–Crippen LogP) is 4.10. The summed E-state index contributed by atoms with van der Waals surface area (Å²) >= 11 is 7.48. The van der Waals surface area contributed by atoms with E-state index in [1.165, 1.54) is 11.3 Å². The predicted molar refractivity (Wildman–Crippen MR) is 93.1 cm³/mol. The van der Waals surface area contributed by atoms with Crippen molar-refractivity contribution in [1.29, 1.82) is 0 Å². The lowest BCUT2D eigenvalue weighted by molar-refractivity contribution is 0.0535. The van der Waals surface area contributed by atoms with Gasteiger partial charge in [-0.3, -0.25) is 4.79 Å². The Balaban J connectivity index is 1.74. The number of aromatic nitrogens is 1. The number of nitrogens with zero attached hydrogens (tertiary/aromatic N) is 2. The molecule has 0 saturated carbocycles. The van der Waals surface area contributed by atoms with E-state index in [9.17, 15) is 4.79 Å². The molecule has 0 aliphatic carbocycles. The number of ether oxygens (including phenoxy) is 1. The Morgan fingerprint density at radius 2 is 2.39 bits per heavy atom. The van der Waals surface area contributed by atoms with Gasteiger partial charge in [-0.05, 0) is 31.9 Å². The maximum absolute atomic E-state index is 12.7. The van der Waals surface area contributed by atoms with Gasteiger partial charge in [0.15, 0.2) is 0 Å². The Morgan fingerprint density at radius 3 is 3.09 bits per heavy atom. The van der Waals surface area contributed by atoms with Crippen molar-refractivity contribution in [3.05, 3.63) is 40.4 Å². The normalized spacial score (nSPS) is 17.4. The summed E-state index contributed by atoms with van der Waals surface area (Å²) in [6, 6.07) is 7.52. The smallest absolute Gasteiger partial charge is 0.273 e. The second-order valence-electron chi connectivity index (χ2n) is 5.53. The number of carbonyl (C=O) groups excluding carboxylic acids is 1. The van der Waals surface area contributed by atoms with Crippen molar-refractivity contribution in [1.82, 2.24) is 9.88 Å². The summed E-state index contributed by atoms with van der Waals surface area (Å²) in [6.45, 7) is 4.07. The third-order valence-electron chi connectivity index (χ3n) is 3.91. The Bertz CT molecular complexity index is 683. The quantitative estimate of drug-likeness (QED) is 0.815. The molecular weight excluding hydrogens is 332 g/mol. The molecule has 4 nitrogen and oxygen atoms in total. The van der Waals surface area contributed by atoms with Crippen LogP contribution in [0, 0.1) is 0 Å². The van der Waals surface area contributed by atoms with Crippen molar-refractivity contribution in [3.8, 4) is 10.6 Å². The molecule has 0 N–H and O–H groups in total. The molecule has 1 aromatic carbocycles. The summed E-state index contributed by atoms with van der Waals surface area (Å²) < 4.78 is 5.63. The molecule has 1 aliphatic heterocycles. The summed E-state index contributed by atoms with van der Waals surface area (Å²) in [5, 5.41) is 3.29. The largest absolute Gasteiger partial charge is 0.376 e. The monoisotopic (exact) mass is 350 g/mol. The first-order valence-electron chi connectivity index (χ1n) is 7.79. The average molecular weight is 351 g/mol. The molecule has 2 aromatic rings. The van der Waals surface area contributed by atoms with E-state index in [2.05, 4.69) is 4.98 Å². The van der Waals surface area contributed by atoms with Gasteiger partial charge in [-0.15, -0.1) is 11.3 Å². The maximum atomic E-state index is 12.7. The standard InChI is InChI=1S/C17H19ClN2O2S/c1-2-20(10-14-7-4-8-22-14)17(21)15-11-23-16(19-15)12-5-3-6-13(18)9-12/h3,5-6,9,11,14H,2,4,7-8,10H2,1H3/t14-/m1/s1. The minimum absolute atomic E-state index is 0.0347. The molecular formula is C17H19ClN2O2S. The Kier molecular flexibility index (Phi) is 5.30. The lowest BCUT2D eigenvalue weighted by Gasteiger charge is -2.23. The molecule has 23 heavy (non-hydrogen) atoms. The number of likely N-dealkylation sites (N-methyl/N-ethyl adjacent to an activating group) is 1. The molecule has 0 spiro atoms. The van der Waals surface area contributed by atoms with E-state index < -0.39 is 0 Å². The number of thiazole rings is 1. The second-order valence-corrected chi connectivity index (χ2v) is 6.82. The summed E-state index contributed by atoms with van der Waals surface area (Å²) in [5.41, 5.74) is 1.42. The van der Waals surface area contributed by atoms with Crippen LogP contribution in [-0.4, -0.2) is 41.6 Å². The van der Waals surface area contributed by atoms with Crippen LogP contribution in [0.15, 0.2) is 29.6 Å². The highest BCUT2D eigenvalue weighted by molar-refractivity contribution is 7.13. The van der Waals surface area contributed by atoms with Crippen molar-refractivity contribution in [3.63, 3.8) is 0 Å². The molecule has 3 rings (SSSR count). The van der Waals surface area contributed by atoms with Crippen LogP contribution in [-0.2, 0) is 4.74 Å². The van der Waals surface area contributed by atoms with Crippen molar-refractivity contribution in [2.24, 2.45) is 0 Å². The van der Waals surface area contributed by atoms with Gasteiger partial charge in [-0.2, -0.15) is 0 Å². The second kappa shape index (κ2) is 7.43. The fraction of sp³-hybridized carbons (Fsp3) is 0.412. The molecule has 1 aliphatic rings. The van der Waals surface area contributed by atoms with Gasteiger partial charge in [0, 0.05) is 35.7 Å². The molecule has 1 amide bonds. The molecule has 1 aromatic heterocycles. The first kappa shape index (κ1) is 16.4. The third-order valence-corrected chi connectivity index (χ3v) is 5.04. The highest BCUT2D eigenvalue weighted by atomic mass is 35.5. The lowest BCUT2D eigenvalue weighted by atomic mass is 10.2. The van der Waals surface area contributed by atoms with Gasteiger partial charge >= 0.3 is 0 Å². The van der Waals surface area contributed by atoms with Gasteiger partial charge in [-0.1, -0.05) is 23.7 Å². The highest BCUT2D eigenvalue weighted by Crippen LogP contribution is 2.26. The molecule has 1 atom stereocenters. The van der Waals surface area contributed by atoms with Crippen LogP contribution in [0.1, 0.15) is 30.3 Å². The van der Waals surface area contributed by atoms with Crippen molar-refractivity contribution in [2.45, 2.75) is 25.9 Å².